The zero-order chi connectivity index (χ0) is 15.2. The third kappa shape index (κ3) is 4.86. The number of nitrogens with two attached hydrogens (primary N) is 1. The van der Waals surface area contributed by atoms with Crippen molar-refractivity contribution < 1.29 is 4.79 Å². The monoisotopic (exact) mass is 303 g/mol. The Morgan fingerprint density at radius 3 is 2.71 bits per heavy atom. The summed E-state index contributed by atoms with van der Waals surface area (Å²) in [5, 5.41) is 6.05. The van der Waals surface area contributed by atoms with Gasteiger partial charge in [0.1, 0.15) is 0 Å². The number of nitrogens with one attached hydrogen (secondary N) is 1. The van der Waals surface area contributed by atoms with Crippen LogP contribution >= 0.6 is 11.3 Å². The zero-order valence-electron chi connectivity index (χ0n) is 12.4. The summed E-state index contributed by atoms with van der Waals surface area (Å²) in [6, 6.07) is 7.69. The molecule has 1 heterocycles. The van der Waals surface area contributed by atoms with E-state index in [0.29, 0.717) is 13.0 Å². The molecule has 5 heteroatoms. The third-order valence-corrected chi connectivity index (χ3v) is 4.35. The zero-order valence-corrected chi connectivity index (χ0v) is 13.2. The van der Waals surface area contributed by atoms with Crippen molar-refractivity contribution in [3.8, 4) is 0 Å². The van der Waals surface area contributed by atoms with Gasteiger partial charge in [-0.2, -0.15) is 0 Å². The standard InChI is InChI=1S/C16H21N3OS/c1-11(13-3-5-14(17)6-4-13)9-15(20)18-8-7-16-19-12(2)10-21-16/h3-6,10-11H,7-9,17H2,1-2H3,(H,18,20). The molecule has 1 aromatic heterocycles. The van der Waals surface area contributed by atoms with Crippen LogP contribution in [0.25, 0.3) is 0 Å². The molecule has 1 aromatic carbocycles. The predicted molar refractivity (Wildman–Crippen MR) is 87.5 cm³/mol. The van der Waals surface area contributed by atoms with Crippen LogP contribution in [0, 0.1) is 6.92 Å². The summed E-state index contributed by atoms with van der Waals surface area (Å²) >= 11 is 1.64. The first-order chi connectivity index (χ1) is 10.0. The molecule has 4 nitrogen and oxygen atoms in total. The van der Waals surface area contributed by atoms with Crippen LogP contribution in [0.5, 0.6) is 0 Å². The molecule has 21 heavy (non-hydrogen) atoms. The van der Waals surface area contributed by atoms with E-state index >= 15 is 0 Å². The fourth-order valence-electron chi connectivity index (χ4n) is 2.12. The number of anilines is 1. The van der Waals surface area contributed by atoms with E-state index in [1.807, 2.05) is 36.6 Å². The van der Waals surface area contributed by atoms with Gasteiger partial charge in [0, 0.05) is 36.1 Å². The van der Waals surface area contributed by atoms with E-state index in [4.69, 9.17) is 5.73 Å². The lowest BCUT2D eigenvalue weighted by Gasteiger charge is -2.12. The smallest absolute Gasteiger partial charge is 0.220 e. The number of carbonyl (C=O) groups excluding carboxylic acids is 1. The molecule has 2 rings (SSSR count). The van der Waals surface area contributed by atoms with E-state index in [0.717, 1.165) is 28.4 Å². The molecule has 0 aliphatic heterocycles. The maximum Gasteiger partial charge on any atom is 0.220 e. The summed E-state index contributed by atoms with van der Waals surface area (Å²) in [7, 11) is 0. The Hall–Kier alpha value is -1.88. The normalized spacial score (nSPS) is 12.1. The molecule has 0 radical (unpaired) electrons. The third-order valence-electron chi connectivity index (χ3n) is 3.32. The summed E-state index contributed by atoms with van der Waals surface area (Å²) in [5.74, 6) is 0.264. The number of amides is 1. The van der Waals surface area contributed by atoms with Gasteiger partial charge in [0.2, 0.25) is 5.91 Å². The fourth-order valence-corrected chi connectivity index (χ4v) is 2.89. The van der Waals surface area contributed by atoms with Gasteiger partial charge in [0.25, 0.3) is 0 Å². The van der Waals surface area contributed by atoms with Crippen molar-refractivity contribution >= 4 is 22.9 Å². The van der Waals surface area contributed by atoms with Crippen LogP contribution in [0.3, 0.4) is 0 Å². The van der Waals surface area contributed by atoms with E-state index < -0.39 is 0 Å². The molecule has 112 valence electrons. The van der Waals surface area contributed by atoms with Gasteiger partial charge in [-0.25, -0.2) is 4.98 Å². The van der Waals surface area contributed by atoms with Crippen molar-refractivity contribution in [1.29, 1.82) is 0 Å². The van der Waals surface area contributed by atoms with Gasteiger partial charge in [-0.05, 0) is 30.5 Å². The van der Waals surface area contributed by atoms with Gasteiger partial charge in [-0.15, -0.1) is 11.3 Å². The molecule has 0 bridgehead atoms. The van der Waals surface area contributed by atoms with Crippen molar-refractivity contribution in [2.45, 2.75) is 32.6 Å². The van der Waals surface area contributed by atoms with Crippen molar-refractivity contribution in [3.05, 3.63) is 45.9 Å². The molecule has 0 saturated carbocycles. The van der Waals surface area contributed by atoms with Crippen LogP contribution < -0.4 is 11.1 Å². The van der Waals surface area contributed by atoms with E-state index in [-0.39, 0.29) is 11.8 Å². The second-order valence-electron chi connectivity index (χ2n) is 5.25. The number of benzene rings is 1. The molecule has 0 saturated heterocycles. The van der Waals surface area contributed by atoms with Crippen molar-refractivity contribution in [3.63, 3.8) is 0 Å². The van der Waals surface area contributed by atoms with Gasteiger partial charge in [0.15, 0.2) is 0 Å². The summed E-state index contributed by atoms with van der Waals surface area (Å²) in [5.41, 5.74) is 8.59. The van der Waals surface area contributed by atoms with Crippen LogP contribution in [0.4, 0.5) is 5.69 Å². The molecule has 3 N–H and O–H groups in total. The summed E-state index contributed by atoms with van der Waals surface area (Å²) in [6.07, 6.45) is 1.28. The Labute approximate surface area is 129 Å². The number of hydrogen-bond acceptors (Lipinski definition) is 4. The van der Waals surface area contributed by atoms with Gasteiger partial charge in [-0.1, -0.05) is 19.1 Å². The largest absolute Gasteiger partial charge is 0.399 e. The van der Waals surface area contributed by atoms with Crippen LogP contribution in [-0.2, 0) is 11.2 Å². The van der Waals surface area contributed by atoms with Crippen molar-refractivity contribution in [2.75, 3.05) is 12.3 Å². The number of nitrogens with zero attached hydrogens (tertiary/aromatic N) is 1. The highest BCUT2D eigenvalue weighted by Gasteiger charge is 2.11. The first-order valence-corrected chi connectivity index (χ1v) is 7.95. The fraction of sp³-hybridized carbons (Fsp3) is 0.375. The number of rotatable bonds is 6. The topological polar surface area (TPSA) is 68.0 Å². The highest BCUT2D eigenvalue weighted by atomic mass is 32.1. The van der Waals surface area contributed by atoms with Crippen LogP contribution in [-0.4, -0.2) is 17.4 Å². The maximum absolute atomic E-state index is 11.9. The SMILES string of the molecule is Cc1csc(CCNC(=O)CC(C)c2ccc(N)cc2)n1. The van der Waals surface area contributed by atoms with Crippen LogP contribution in [0.2, 0.25) is 0 Å². The average Bonchev–Trinajstić information content (AvgIpc) is 2.85. The quantitative estimate of drug-likeness (QED) is 0.806. The van der Waals surface area contributed by atoms with Crippen molar-refractivity contribution in [1.82, 2.24) is 10.3 Å². The predicted octanol–water partition coefficient (Wildman–Crippen LogP) is 2.89. The second-order valence-corrected chi connectivity index (χ2v) is 6.20. The Bertz CT molecular complexity index is 592. The van der Waals surface area contributed by atoms with E-state index in [2.05, 4.69) is 17.2 Å². The highest BCUT2D eigenvalue weighted by Crippen LogP contribution is 2.19. The first-order valence-electron chi connectivity index (χ1n) is 7.07. The number of aromatic nitrogens is 1. The number of aryl methyl sites for hydroxylation is 1. The highest BCUT2D eigenvalue weighted by molar-refractivity contribution is 7.09. The minimum Gasteiger partial charge on any atom is -0.399 e. The van der Waals surface area contributed by atoms with Gasteiger partial charge in [0.05, 0.1) is 5.01 Å². The number of thiazole rings is 1. The minimum atomic E-state index is 0.0765. The molecular weight excluding hydrogens is 282 g/mol. The van der Waals surface area contributed by atoms with Crippen molar-refractivity contribution in [2.24, 2.45) is 0 Å². The number of nitrogen functional groups attached to an aromatic ring is 1. The van der Waals surface area contributed by atoms with E-state index in [1.165, 1.54) is 0 Å². The maximum atomic E-state index is 11.9. The van der Waals surface area contributed by atoms with Crippen LogP contribution in [0.1, 0.15) is 35.5 Å². The Kier molecular flexibility index (Phi) is 5.33. The molecule has 1 atom stereocenters. The first kappa shape index (κ1) is 15.5. The Morgan fingerprint density at radius 1 is 1.38 bits per heavy atom. The summed E-state index contributed by atoms with van der Waals surface area (Å²) < 4.78 is 0. The Morgan fingerprint density at radius 2 is 2.10 bits per heavy atom. The molecule has 0 spiro atoms. The molecule has 1 amide bonds. The van der Waals surface area contributed by atoms with Gasteiger partial charge >= 0.3 is 0 Å². The molecule has 2 aromatic rings. The number of carbonyl (C=O) groups is 1. The summed E-state index contributed by atoms with van der Waals surface area (Å²) in [6.45, 7) is 4.67. The Balaban J connectivity index is 1.75. The summed E-state index contributed by atoms with van der Waals surface area (Å²) in [4.78, 5) is 16.3. The average molecular weight is 303 g/mol. The van der Waals surface area contributed by atoms with Crippen LogP contribution in [0.15, 0.2) is 29.6 Å². The lowest BCUT2D eigenvalue weighted by Crippen LogP contribution is -2.26. The number of hydrogen-bond donors (Lipinski definition) is 2. The minimum absolute atomic E-state index is 0.0765. The second kappa shape index (κ2) is 7.22. The lowest BCUT2D eigenvalue weighted by molar-refractivity contribution is -0.121. The van der Waals surface area contributed by atoms with E-state index in [9.17, 15) is 4.79 Å². The molecule has 0 aliphatic rings. The lowest BCUT2D eigenvalue weighted by atomic mass is 9.97. The molecule has 1 unspecified atom stereocenters. The molecular formula is C16H21N3OS. The molecule has 0 aliphatic carbocycles. The van der Waals surface area contributed by atoms with Gasteiger partial charge < -0.3 is 11.1 Å². The molecule has 0 fully saturated rings. The van der Waals surface area contributed by atoms with E-state index in [1.54, 1.807) is 11.3 Å². The van der Waals surface area contributed by atoms with Gasteiger partial charge in [-0.3, -0.25) is 4.79 Å².